The van der Waals surface area contributed by atoms with Gasteiger partial charge in [-0.15, -0.1) is 11.8 Å². The van der Waals surface area contributed by atoms with Gasteiger partial charge in [0.2, 0.25) is 17.8 Å². The Morgan fingerprint density at radius 2 is 1.92 bits per heavy atom. The number of carbonyl (C=O) groups excluding carboxylic acids is 1. The van der Waals surface area contributed by atoms with E-state index in [0.29, 0.717) is 11.8 Å². The third kappa shape index (κ3) is 5.06. The quantitative estimate of drug-likeness (QED) is 0.708. The number of aromatic nitrogens is 3. The molecule has 2 aromatic rings. The molecule has 0 saturated carbocycles. The Labute approximate surface area is 158 Å². The average molecular weight is 376 g/mol. The first-order valence-electron chi connectivity index (χ1n) is 8.13. The minimum absolute atomic E-state index is 0.101. The zero-order valence-electron chi connectivity index (χ0n) is 15.7. The van der Waals surface area contributed by atoms with Gasteiger partial charge in [-0.2, -0.15) is 15.0 Å². The number of thioether (sulfide) groups is 1. The van der Waals surface area contributed by atoms with Crippen LogP contribution in [0.5, 0.6) is 0 Å². The third-order valence-corrected chi connectivity index (χ3v) is 4.66. The van der Waals surface area contributed by atoms with Crippen LogP contribution < -0.4 is 16.0 Å². The van der Waals surface area contributed by atoms with Crippen molar-refractivity contribution in [1.82, 2.24) is 19.9 Å². The summed E-state index contributed by atoms with van der Waals surface area (Å²) in [6.45, 7) is 2.13. The molecule has 0 bridgehead atoms. The molecule has 3 N–H and O–H groups in total. The Morgan fingerprint density at radius 3 is 2.58 bits per heavy atom. The maximum Gasteiger partial charge on any atom is 0.238 e. The number of benzene rings is 1. The van der Waals surface area contributed by atoms with Crippen molar-refractivity contribution in [1.29, 1.82) is 0 Å². The first-order chi connectivity index (χ1) is 12.3. The van der Waals surface area contributed by atoms with Gasteiger partial charge in [0.05, 0.1) is 18.3 Å². The standard InChI is InChI=1S/C17H25N7OS/c1-11(15-20-16(18)22-17(21-15)23(2)3)24(4)10-14(25)19-12-8-6-7-9-13(12)26-5/h6-9,11H,10H2,1-5H3,(H,19,25)(H2,18,20,21,22). The number of carbonyl (C=O) groups is 1. The lowest BCUT2D eigenvalue weighted by Crippen LogP contribution is -2.33. The molecule has 1 unspecified atom stereocenters. The third-order valence-electron chi connectivity index (χ3n) is 3.87. The summed E-state index contributed by atoms with van der Waals surface area (Å²) in [5, 5.41) is 2.95. The van der Waals surface area contributed by atoms with Gasteiger partial charge in [0.25, 0.3) is 0 Å². The number of para-hydroxylation sites is 1. The number of nitrogen functional groups attached to an aromatic ring is 1. The highest BCUT2D eigenvalue weighted by Crippen LogP contribution is 2.24. The predicted octanol–water partition coefficient (Wildman–Crippen LogP) is 1.87. The van der Waals surface area contributed by atoms with Crippen LogP contribution in [0.2, 0.25) is 0 Å². The first-order valence-corrected chi connectivity index (χ1v) is 9.36. The van der Waals surface area contributed by atoms with Crippen LogP contribution in [0, 0.1) is 0 Å². The summed E-state index contributed by atoms with van der Waals surface area (Å²) in [6, 6.07) is 7.52. The fourth-order valence-corrected chi connectivity index (χ4v) is 2.84. The maximum absolute atomic E-state index is 12.4. The largest absolute Gasteiger partial charge is 0.368 e. The predicted molar refractivity (Wildman–Crippen MR) is 106 cm³/mol. The number of hydrogen-bond donors (Lipinski definition) is 2. The molecule has 1 aromatic carbocycles. The summed E-state index contributed by atoms with van der Waals surface area (Å²) < 4.78 is 0. The second-order valence-electron chi connectivity index (χ2n) is 6.09. The van der Waals surface area contributed by atoms with Crippen molar-refractivity contribution < 1.29 is 4.79 Å². The van der Waals surface area contributed by atoms with Gasteiger partial charge in [-0.1, -0.05) is 12.1 Å². The number of amides is 1. The fraction of sp³-hybridized carbons (Fsp3) is 0.412. The van der Waals surface area contributed by atoms with E-state index in [-0.39, 0.29) is 24.4 Å². The smallest absolute Gasteiger partial charge is 0.238 e. The van der Waals surface area contributed by atoms with Crippen molar-refractivity contribution in [2.45, 2.75) is 17.9 Å². The molecule has 1 aromatic heterocycles. The Bertz CT molecular complexity index is 769. The van der Waals surface area contributed by atoms with E-state index in [1.807, 2.05) is 63.5 Å². The molecule has 0 fully saturated rings. The highest BCUT2D eigenvalue weighted by atomic mass is 32.2. The summed E-state index contributed by atoms with van der Waals surface area (Å²) in [5.74, 6) is 1.08. The summed E-state index contributed by atoms with van der Waals surface area (Å²) >= 11 is 1.59. The number of nitrogens with one attached hydrogen (secondary N) is 1. The Balaban J connectivity index is 2.07. The van der Waals surface area contributed by atoms with Crippen LogP contribution in [-0.4, -0.2) is 59.7 Å². The minimum Gasteiger partial charge on any atom is -0.368 e. The molecule has 8 nitrogen and oxygen atoms in total. The van der Waals surface area contributed by atoms with Crippen LogP contribution in [0.1, 0.15) is 18.8 Å². The second-order valence-corrected chi connectivity index (χ2v) is 6.93. The molecule has 0 radical (unpaired) electrons. The lowest BCUT2D eigenvalue weighted by Gasteiger charge is -2.24. The zero-order valence-corrected chi connectivity index (χ0v) is 16.5. The van der Waals surface area contributed by atoms with Crippen molar-refractivity contribution in [3.8, 4) is 0 Å². The molecule has 0 aliphatic carbocycles. The lowest BCUT2D eigenvalue weighted by atomic mass is 10.2. The average Bonchev–Trinajstić information content (AvgIpc) is 2.60. The van der Waals surface area contributed by atoms with Crippen LogP contribution in [0.15, 0.2) is 29.2 Å². The van der Waals surface area contributed by atoms with Gasteiger partial charge >= 0.3 is 0 Å². The van der Waals surface area contributed by atoms with Crippen molar-refractivity contribution >= 4 is 35.3 Å². The molecule has 9 heteroatoms. The van der Waals surface area contributed by atoms with Gasteiger partial charge in [-0.25, -0.2) is 0 Å². The topological polar surface area (TPSA) is 100 Å². The Kier molecular flexibility index (Phi) is 6.76. The molecule has 1 amide bonds. The molecular weight excluding hydrogens is 350 g/mol. The normalized spacial score (nSPS) is 12.1. The molecule has 0 aliphatic heterocycles. The molecule has 2 rings (SSSR count). The van der Waals surface area contributed by atoms with Crippen LogP contribution in [0.4, 0.5) is 17.6 Å². The van der Waals surface area contributed by atoms with Crippen LogP contribution in [0.3, 0.4) is 0 Å². The Hall–Kier alpha value is -2.39. The molecule has 0 spiro atoms. The van der Waals surface area contributed by atoms with E-state index in [1.165, 1.54) is 0 Å². The van der Waals surface area contributed by atoms with Crippen molar-refractivity contribution in [2.75, 3.05) is 49.9 Å². The van der Waals surface area contributed by atoms with E-state index in [0.717, 1.165) is 10.6 Å². The number of nitrogens with two attached hydrogens (primary N) is 1. The Morgan fingerprint density at radius 1 is 1.23 bits per heavy atom. The van der Waals surface area contributed by atoms with E-state index < -0.39 is 0 Å². The van der Waals surface area contributed by atoms with Gasteiger partial charge in [0.1, 0.15) is 0 Å². The second kappa shape index (κ2) is 8.81. The molecule has 140 valence electrons. The number of anilines is 3. The van der Waals surface area contributed by atoms with Gasteiger partial charge in [0.15, 0.2) is 5.82 Å². The van der Waals surface area contributed by atoms with Crippen molar-refractivity contribution in [2.24, 2.45) is 0 Å². The van der Waals surface area contributed by atoms with Gasteiger partial charge in [0, 0.05) is 19.0 Å². The highest BCUT2D eigenvalue weighted by Gasteiger charge is 2.20. The van der Waals surface area contributed by atoms with Crippen molar-refractivity contribution in [3.63, 3.8) is 0 Å². The molecule has 0 saturated heterocycles. The molecule has 1 atom stereocenters. The monoisotopic (exact) mass is 375 g/mol. The maximum atomic E-state index is 12.4. The molecule has 1 heterocycles. The van der Waals surface area contributed by atoms with Crippen LogP contribution >= 0.6 is 11.8 Å². The summed E-state index contributed by atoms with van der Waals surface area (Å²) in [7, 11) is 5.52. The first kappa shape index (κ1) is 19.9. The van der Waals surface area contributed by atoms with Crippen LogP contribution in [0.25, 0.3) is 0 Å². The summed E-state index contributed by atoms with van der Waals surface area (Å²) in [6.07, 6.45) is 1.98. The SMILES string of the molecule is CSc1ccccc1NC(=O)CN(C)C(C)c1nc(N)nc(N(C)C)n1. The number of nitrogens with zero attached hydrogens (tertiary/aromatic N) is 5. The molecular formula is C17H25N7OS. The van der Waals surface area contributed by atoms with E-state index in [2.05, 4.69) is 20.3 Å². The van der Waals surface area contributed by atoms with Crippen molar-refractivity contribution in [3.05, 3.63) is 30.1 Å². The van der Waals surface area contributed by atoms with Crippen LogP contribution in [-0.2, 0) is 4.79 Å². The van der Waals surface area contributed by atoms with E-state index in [9.17, 15) is 4.79 Å². The fourth-order valence-electron chi connectivity index (χ4n) is 2.28. The molecule has 26 heavy (non-hydrogen) atoms. The van der Waals surface area contributed by atoms with Gasteiger partial charge in [-0.3, -0.25) is 9.69 Å². The van der Waals surface area contributed by atoms with E-state index in [1.54, 1.807) is 16.7 Å². The number of rotatable bonds is 7. The van der Waals surface area contributed by atoms with E-state index in [4.69, 9.17) is 5.73 Å². The highest BCUT2D eigenvalue weighted by molar-refractivity contribution is 7.98. The number of hydrogen-bond acceptors (Lipinski definition) is 8. The number of likely N-dealkylation sites (N-methyl/N-ethyl adjacent to an activating group) is 1. The van der Waals surface area contributed by atoms with Gasteiger partial charge < -0.3 is 16.0 Å². The minimum atomic E-state index is -0.194. The lowest BCUT2D eigenvalue weighted by molar-refractivity contribution is -0.117. The molecule has 0 aliphatic rings. The van der Waals surface area contributed by atoms with Gasteiger partial charge in [-0.05, 0) is 32.4 Å². The zero-order chi connectivity index (χ0) is 19.3. The summed E-state index contributed by atoms with van der Waals surface area (Å²) in [4.78, 5) is 29.8. The summed E-state index contributed by atoms with van der Waals surface area (Å²) in [5.41, 5.74) is 6.59. The van der Waals surface area contributed by atoms with E-state index >= 15 is 0 Å².